The molecule has 0 aliphatic rings. The smallest absolute Gasteiger partial charge is 0.265 e. The van der Waals surface area contributed by atoms with Gasteiger partial charge in [0, 0.05) is 22.7 Å². The molecule has 0 heterocycles. The summed E-state index contributed by atoms with van der Waals surface area (Å²) in [6.07, 6.45) is -0.821. The molecule has 0 aliphatic heterocycles. The molecule has 138 valence electrons. The molecule has 8 heteroatoms. The number of nitrogens with one attached hydrogen (secondary N) is 2. The van der Waals surface area contributed by atoms with Crippen molar-refractivity contribution in [3.05, 3.63) is 46.4 Å². The number of hydrogen-bond acceptors (Lipinski definition) is 4. The Morgan fingerprint density at radius 1 is 1.04 bits per heavy atom. The maximum absolute atomic E-state index is 12.4. The Labute approximate surface area is 161 Å². The molecule has 0 aliphatic carbocycles. The largest absolute Gasteiger partial charge is 0.495 e. The number of carbonyl (C=O) groups is 2. The maximum atomic E-state index is 12.4. The molecule has 2 rings (SSSR count). The highest BCUT2D eigenvalue weighted by Gasteiger charge is 2.18. The third-order valence-corrected chi connectivity index (χ3v) is 3.73. The van der Waals surface area contributed by atoms with Crippen LogP contribution in [0.2, 0.25) is 10.0 Å². The molecule has 1 unspecified atom stereocenters. The van der Waals surface area contributed by atoms with Gasteiger partial charge >= 0.3 is 0 Å². The van der Waals surface area contributed by atoms with Crippen LogP contribution >= 0.6 is 23.2 Å². The summed E-state index contributed by atoms with van der Waals surface area (Å²) in [5.74, 6) is 0.205. The number of halogens is 2. The van der Waals surface area contributed by atoms with Gasteiger partial charge in [0.05, 0.1) is 12.8 Å². The zero-order valence-electron chi connectivity index (χ0n) is 14.4. The van der Waals surface area contributed by atoms with E-state index in [9.17, 15) is 9.59 Å². The van der Waals surface area contributed by atoms with Crippen LogP contribution in [0.3, 0.4) is 0 Å². The van der Waals surface area contributed by atoms with Crippen LogP contribution in [-0.4, -0.2) is 25.0 Å². The molecule has 0 spiro atoms. The fourth-order valence-electron chi connectivity index (χ4n) is 2.18. The molecule has 6 nitrogen and oxygen atoms in total. The second-order valence-corrected chi connectivity index (χ2v) is 6.32. The van der Waals surface area contributed by atoms with Gasteiger partial charge in [0.2, 0.25) is 5.91 Å². The SMILES string of the molecule is COc1ccc(NC(C)=O)cc1NC(=O)C(C)Oc1cc(Cl)cc(Cl)c1. The zero-order valence-corrected chi connectivity index (χ0v) is 15.9. The molecular formula is C18H18Cl2N2O4. The van der Waals surface area contributed by atoms with Gasteiger partial charge in [-0.1, -0.05) is 23.2 Å². The van der Waals surface area contributed by atoms with Gasteiger partial charge in [0.1, 0.15) is 11.5 Å². The van der Waals surface area contributed by atoms with E-state index >= 15 is 0 Å². The van der Waals surface area contributed by atoms with E-state index in [0.29, 0.717) is 32.9 Å². The monoisotopic (exact) mass is 396 g/mol. The minimum Gasteiger partial charge on any atom is -0.495 e. The van der Waals surface area contributed by atoms with Gasteiger partial charge in [-0.15, -0.1) is 0 Å². The van der Waals surface area contributed by atoms with E-state index < -0.39 is 12.0 Å². The number of amides is 2. The lowest BCUT2D eigenvalue weighted by atomic mass is 10.2. The summed E-state index contributed by atoms with van der Waals surface area (Å²) >= 11 is 11.9. The van der Waals surface area contributed by atoms with E-state index in [1.54, 1.807) is 43.3 Å². The van der Waals surface area contributed by atoms with Crippen molar-refractivity contribution in [2.75, 3.05) is 17.7 Å². The van der Waals surface area contributed by atoms with Gasteiger partial charge in [-0.25, -0.2) is 0 Å². The van der Waals surface area contributed by atoms with Gasteiger partial charge in [0.15, 0.2) is 6.10 Å². The molecule has 0 saturated carbocycles. The third kappa shape index (κ3) is 5.54. The topological polar surface area (TPSA) is 76.7 Å². The first kappa shape index (κ1) is 19.9. The molecule has 2 aromatic carbocycles. The van der Waals surface area contributed by atoms with Crippen LogP contribution in [0.1, 0.15) is 13.8 Å². The molecule has 0 saturated heterocycles. The molecule has 26 heavy (non-hydrogen) atoms. The van der Waals surface area contributed by atoms with Crippen molar-refractivity contribution in [1.29, 1.82) is 0 Å². The van der Waals surface area contributed by atoms with Gasteiger partial charge in [-0.05, 0) is 43.3 Å². The first-order chi connectivity index (χ1) is 12.3. The van der Waals surface area contributed by atoms with Crippen molar-refractivity contribution < 1.29 is 19.1 Å². The summed E-state index contributed by atoms with van der Waals surface area (Å²) in [6.45, 7) is 2.99. The summed E-state index contributed by atoms with van der Waals surface area (Å²) in [4.78, 5) is 23.6. The number of rotatable bonds is 6. The lowest BCUT2D eigenvalue weighted by molar-refractivity contribution is -0.122. The van der Waals surface area contributed by atoms with Crippen molar-refractivity contribution in [2.24, 2.45) is 0 Å². The van der Waals surface area contributed by atoms with E-state index in [1.165, 1.54) is 14.0 Å². The maximum Gasteiger partial charge on any atom is 0.265 e. The Hall–Kier alpha value is -2.44. The predicted molar refractivity (Wildman–Crippen MR) is 102 cm³/mol. The molecule has 2 N–H and O–H groups in total. The fourth-order valence-corrected chi connectivity index (χ4v) is 2.68. The number of hydrogen-bond donors (Lipinski definition) is 2. The summed E-state index contributed by atoms with van der Waals surface area (Å²) in [6, 6.07) is 9.61. The Morgan fingerprint density at radius 2 is 1.69 bits per heavy atom. The highest BCUT2D eigenvalue weighted by Crippen LogP contribution is 2.29. The van der Waals surface area contributed by atoms with Crippen LogP contribution in [0.25, 0.3) is 0 Å². The van der Waals surface area contributed by atoms with Crippen LogP contribution < -0.4 is 20.1 Å². The number of anilines is 2. The van der Waals surface area contributed by atoms with E-state index in [1.807, 2.05) is 0 Å². The van der Waals surface area contributed by atoms with E-state index in [2.05, 4.69) is 10.6 Å². The highest BCUT2D eigenvalue weighted by atomic mass is 35.5. The summed E-state index contributed by atoms with van der Waals surface area (Å²) in [7, 11) is 1.48. The fraction of sp³-hybridized carbons (Fsp3) is 0.222. The Kier molecular flexibility index (Phi) is 6.71. The van der Waals surface area contributed by atoms with E-state index in [-0.39, 0.29) is 5.91 Å². The molecule has 2 amide bonds. The molecule has 0 radical (unpaired) electrons. The molecule has 0 aromatic heterocycles. The van der Waals surface area contributed by atoms with Crippen LogP contribution in [0.4, 0.5) is 11.4 Å². The Balaban J connectivity index is 2.13. The zero-order chi connectivity index (χ0) is 19.3. The van der Waals surface area contributed by atoms with Gasteiger partial charge in [0.25, 0.3) is 5.91 Å². The number of carbonyl (C=O) groups excluding carboxylic acids is 2. The molecule has 0 bridgehead atoms. The molecule has 2 aromatic rings. The third-order valence-electron chi connectivity index (χ3n) is 3.30. The molecular weight excluding hydrogens is 379 g/mol. The van der Waals surface area contributed by atoms with Gasteiger partial charge in [-0.2, -0.15) is 0 Å². The number of methoxy groups -OCH3 is 1. The van der Waals surface area contributed by atoms with Crippen LogP contribution in [0, 0.1) is 0 Å². The number of benzene rings is 2. The minimum absolute atomic E-state index is 0.220. The lowest BCUT2D eigenvalue weighted by Gasteiger charge is -2.17. The minimum atomic E-state index is -0.821. The average Bonchev–Trinajstić information content (AvgIpc) is 2.53. The van der Waals surface area contributed by atoms with E-state index in [0.717, 1.165) is 0 Å². The lowest BCUT2D eigenvalue weighted by Crippen LogP contribution is -2.30. The highest BCUT2D eigenvalue weighted by molar-refractivity contribution is 6.34. The molecule has 0 fully saturated rings. The predicted octanol–water partition coefficient (Wildman–Crippen LogP) is 4.37. The number of ether oxygens (including phenoxy) is 2. The quantitative estimate of drug-likeness (QED) is 0.759. The van der Waals surface area contributed by atoms with Crippen molar-refractivity contribution in [3.8, 4) is 11.5 Å². The van der Waals surface area contributed by atoms with Crippen molar-refractivity contribution in [1.82, 2.24) is 0 Å². The van der Waals surface area contributed by atoms with Crippen LogP contribution in [-0.2, 0) is 9.59 Å². The van der Waals surface area contributed by atoms with Gasteiger partial charge in [-0.3, -0.25) is 9.59 Å². The summed E-state index contributed by atoms with van der Waals surface area (Å²) < 4.78 is 10.8. The first-order valence-electron chi connectivity index (χ1n) is 7.67. The molecule has 1 atom stereocenters. The van der Waals surface area contributed by atoms with Crippen molar-refractivity contribution >= 4 is 46.4 Å². The summed E-state index contributed by atoms with van der Waals surface area (Å²) in [5.41, 5.74) is 0.937. The average molecular weight is 397 g/mol. The van der Waals surface area contributed by atoms with Crippen LogP contribution in [0.15, 0.2) is 36.4 Å². The normalized spacial score (nSPS) is 11.4. The summed E-state index contributed by atoms with van der Waals surface area (Å²) in [5, 5.41) is 6.18. The second kappa shape index (κ2) is 8.78. The first-order valence-corrected chi connectivity index (χ1v) is 8.43. The van der Waals surface area contributed by atoms with E-state index in [4.69, 9.17) is 32.7 Å². The second-order valence-electron chi connectivity index (χ2n) is 5.45. The van der Waals surface area contributed by atoms with Crippen molar-refractivity contribution in [3.63, 3.8) is 0 Å². The Bertz CT molecular complexity index is 807. The van der Waals surface area contributed by atoms with Crippen molar-refractivity contribution in [2.45, 2.75) is 20.0 Å². The Morgan fingerprint density at radius 3 is 2.27 bits per heavy atom. The standard InChI is InChI=1S/C18H18Cl2N2O4/c1-10(26-15-7-12(19)6-13(20)8-15)18(24)22-16-9-14(21-11(2)23)4-5-17(16)25-3/h4-10H,1-3H3,(H,21,23)(H,22,24). The van der Waals surface area contributed by atoms with Crippen LogP contribution in [0.5, 0.6) is 11.5 Å². The van der Waals surface area contributed by atoms with Gasteiger partial charge < -0.3 is 20.1 Å².